The van der Waals surface area contributed by atoms with Crippen molar-refractivity contribution in [3.8, 4) is 5.75 Å². The summed E-state index contributed by atoms with van der Waals surface area (Å²) in [6.45, 7) is -0.0573. The van der Waals surface area contributed by atoms with E-state index in [1.54, 1.807) is 16.7 Å². The smallest absolute Gasteiger partial charge is 0.325 e. The van der Waals surface area contributed by atoms with Crippen LogP contribution in [-0.4, -0.2) is 30.7 Å². The number of hydrogen-bond acceptors (Lipinski definition) is 6. The van der Waals surface area contributed by atoms with Crippen LogP contribution < -0.4 is 9.54 Å². The van der Waals surface area contributed by atoms with E-state index in [0.717, 1.165) is 20.1 Å². The van der Waals surface area contributed by atoms with Gasteiger partial charge in [0.25, 0.3) is 0 Å². The monoisotopic (exact) mass is 474 g/mol. The Balaban J connectivity index is 1.83. The quantitative estimate of drug-likeness (QED) is 0.415. The Kier molecular flexibility index (Phi) is 5.25. The first kappa shape index (κ1) is 19.4. The lowest BCUT2D eigenvalue weighted by atomic mass is 10.2. The number of halogens is 1. The van der Waals surface area contributed by atoms with Crippen molar-refractivity contribution in [3.05, 3.63) is 57.5 Å². The Hall–Kier alpha value is -2.91. The third-order valence-corrected chi connectivity index (χ3v) is 5.83. The van der Waals surface area contributed by atoms with Crippen LogP contribution in [0.1, 0.15) is 10.6 Å². The van der Waals surface area contributed by atoms with E-state index in [1.165, 1.54) is 25.6 Å². The Bertz CT molecular complexity index is 1320. The van der Waals surface area contributed by atoms with Gasteiger partial charge in [-0.2, -0.15) is 4.99 Å². The average molecular weight is 475 g/mol. The number of para-hydroxylation sites is 1. The van der Waals surface area contributed by atoms with Gasteiger partial charge >= 0.3 is 11.9 Å². The zero-order valence-electron chi connectivity index (χ0n) is 15.5. The molecule has 9 heteroatoms. The molecule has 4 rings (SSSR count). The van der Waals surface area contributed by atoms with Crippen LogP contribution in [0.2, 0.25) is 0 Å². The number of furan rings is 1. The van der Waals surface area contributed by atoms with Gasteiger partial charge in [0.15, 0.2) is 21.9 Å². The molecule has 148 valence electrons. The van der Waals surface area contributed by atoms with Gasteiger partial charge in [-0.15, -0.1) is 0 Å². The molecule has 2 aromatic carbocycles. The SMILES string of the molecule is COC(=O)Cn1c(=NC(=O)c2cc3cccc(OC)c3o2)sc2cc(Br)ccc21. The zero-order chi connectivity index (χ0) is 20.5. The minimum atomic E-state index is -0.549. The molecule has 0 aliphatic carbocycles. The second-order valence-corrected chi connectivity index (χ2v) is 7.99. The number of carbonyl (C=O) groups excluding carboxylic acids is 2. The molecule has 0 spiro atoms. The Morgan fingerprint density at radius 2 is 2.03 bits per heavy atom. The number of methoxy groups -OCH3 is 2. The largest absolute Gasteiger partial charge is 0.493 e. The molecule has 2 heterocycles. The first-order valence-corrected chi connectivity index (χ1v) is 10.1. The maximum Gasteiger partial charge on any atom is 0.325 e. The van der Waals surface area contributed by atoms with Crippen molar-refractivity contribution in [2.24, 2.45) is 4.99 Å². The molecule has 0 radical (unpaired) electrons. The topological polar surface area (TPSA) is 83.0 Å². The lowest BCUT2D eigenvalue weighted by Crippen LogP contribution is -2.22. The highest BCUT2D eigenvalue weighted by Gasteiger charge is 2.16. The summed E-state index contributed by atoms with van der Waals surface area (Å²) in [5.74, 6) is -0.357. The highest BCUT2D eigenvalue weighted by molar-refractivity contribution is 9.10. The fourth-order valence-electron chi connectivity index (χ4n) is 2.92. The molecule has 0 unspecified atom stereocenters. The van der Waals surface area contributed by atoms with Gasteiger partial charge in [-0.1, -0.05) is 39.4 Å². The average Bonchev–Trinajstić information content (AvgIpc) is 3.29. The van der Waals surface area contributed by atoms with Crippen LogP contribution in [0, 0.1) is 0 Å². The van der Waals surface area contributed by atoms with E-state index in [2.05, 4.69) is 20.9 Å². The van der Waals surface area contributed by atoms with E-state index < -0.39 is 11.9 Å². The second kappa shape index (κ2) is 7.84. The predicted molar refractivity (Wildman–Crippen MR) is 112 cm³/mol. The van der Waals surface area contributed by atoms with Gasteiger partial charge in [0, 0.05) is 9.86 Å². The number of fused-ring (bicyclic) bond motifs is 2. The minimum absolute atomic E-state index is 0.0573. The maximum atomic E-state index is 12.8. The normalized spacial score (nSPS) is 11.9. The van der Waals surface area contributed by atoms with Crippen molar-refractivity contribution in [1.29, 1.82) is 0 Å². The fourth-order valence-corrected chi connectivity index (χ4v) is 4.50. The lowest BCUT2D eigenvalue weighted by Gasteiger charge is -2.03. The number of rotatable bonds is 4. The molecule has 29 heavy (non-hydrogen) atoms. The van der Waals surface area contributed by atoms with Crippen LogP contribution in [-0.2, 0) is 16.1 Å². The van der Waals surface area contributed by atoms with Gasteiger partial charge in [0.2, 0.25) is 0 Å². The highest BCUT2D eigenvalue weighted by atomic mass is 79.9. The number of benzene rings is 2. The van der Waals surface area contributed by atoms with Crippen molar-refractivity contribution >= 4 is 60.3 Å². The van der Waals surface area contributed by atoms with Crippen molar-refractivity contribution in [3.63, 3.8) is 0 Å². The van der Waals surface area contributed by atoms with E-state index >= 15 is 0 Å². The summed E-state index contributed by atoms with van der Waals surface area (Å²) in [5.41, 5.74) is 1.26. The van der Waals surface area contributed by atoms with Gasteiger partial charge < -0.3 is 18.5 Å². The van der Waals surface area contributed by atoms with Gasteiger partial charge in [-0.3, -0.25) is 9.59 Å². The minimum Gasteiger partial charge on any atom is -0.493 e. The van der Waals surface area contributed by atoms with Gasteiger partial charge in [-0.05, 0) is 30.3 Å². The second-order valence-electron chi connectivity index (χ2n) is 6.07. The van der Waals surface area contributed by atoms with Crippen LogP contribution in [0.5, 0.6) is 5.75 Å². The summed E-state index contributed by atoms with van der Waals surface area (Å²) >= 11 is 4.73. The molecule has 4 aromatic rings. The lowest BCUT2D eigenvalue weighted by molar-refractivity contribution is -0.141. The summed E-state index contributed by atoms with van der Waals surface area (Å²) in [6.07, 6.45) is 0. The van der Waals surface area contributed by atoms with Crippen molar-refractivity contribution in [1.82, 2.24) is 4.57 Å². The van der Waals surface area contributed by atoms with Gasteiger partial charge in [-0.25, -0.2) is 0 Å². The van der Waals surface area contributed by atoms with Crippen LogP contribution in [0.25, 0.3) is 21.2 Å². The number of amides is 1. The van der Waals surface area contributed by atoms with Crippen LogP contribution in [0.4, 0.5) is 0 Å². The van der Waals surface area contributed by atoms with Crippen LogP contribution in [0.3, 0.4) is 0 Å². The summed E-state index contributed by atoms with van der Waals surface area (Å²) in [6, 6.07) is 12.6. The first-order chi connectivity index (χ1) is 14.0. The molecule has 0 atom stereocenters. The number of nitrogens with zero attached hydrogens (tertiary/aromatic N) is 2. The number of esters is 1. The summed E-state index contributed by atoms with van der Waals surface area (Å²) in [5, 5.41) is 0.741. The van der Waals surface area contributed by atoms with Crippen molar-refractivity contribution < 1.29 is 23.5 Å². The van der Waals surface area contributed by atoms with Crippen molar-refractivity contribution in [2.45, 2.75) is 6.54 Å². The zero-order valence-corrected chi connectivity index (χ0v) is 17.9. The van der Waals surface area contributed by atoms with Crippen molar-refractivity contribution in [2.75, 3.05) is 14.2 Å². The van der Waals surface area contributed by atoms with E-state index in [9.17, 15) is 9.59 Å². The Morgan fingerprint density at radius 1 is 1.21 bits per heavy atom. The molecule has 7 nitrogen and oxygen atoms in total. The standard InChI is InChI=1S/C20H15BrN2O5S/c1-26-14-5-3-4-11-8-15(28-18(11)14)19(25)22-20-23(10-17(24)27-2)13-7-6-12(21)9-16(13)29-20/h3-9H,10H2,1-2H3. The van der Waals surface area contributed by atoms with Crippen LogP contribution in [0.15, 0.2) is 56.3 Å². The predicted octanol–water partition coefficient (Wildman–Crippen LogP) is 4.13. The molecule has 0 aliphatic heterocycles. The third-order valence-electron chi connectivity index (χ3n) is 4.30. The van der Waals surface area contributed by atoms with E-state index in [1.807, 2.05) is 30.3 Å². The number of thiazole rings is 1. The molecule has 0 saturated carbocycles. The molecule has 0 aliphatic rings. The molecule has 0 N–H and O–H groups in total. The maximum absolute atomic E-state index is 12.8. The number of carbonyl (C=O) groups is 2. The molecular formula is C20H15BrN2O5S. The highest BCUT2D eigenvalue weighted by Crippen LogP contribution is 2.29. The number of aromatic nitrogens is 1. The van der Waals surface area contributed by atoms with E-state index in [-0.39, 0.29) is 12.3 Å². The molecule has 0 saturated heterocycles. The molecule has 2 aromatic heterocycles. The third kappa shape index (κ3) is 3.70. The molecule has 0 bridgehead atoms. The molecular weight excluding hydrogens is 460 g/mol. The molecule has 1 amide bonds. The number of hydrogen-bond donors (Lipinski definition) is 0. The van der Waals surface area contributed by atoms with Gasteiger partial charge in [0.1, 0.15) is 6.54 Å². The molecule has 0 fully saturated rings. The summed E-state index contributed by atoms with van der Waals surface area (Å²) in [7, 11) is 2.85. The Morgan fingerprint density at radius 3 is 2.79 bits per heavy atom. The summed E-state index contributed by atoms with van der Waals surface area (Å²) in [4.78, 5) is 29.3. The first-order valence-electron chi connectivity index (χ1n) is 8.51. The summed E-state index contributed by atoms with van der Waals surface area (Å²) < 4.78 is 19.2. The van der Waals surface area contributed by atoms with Crippen LogP contribution >= 0.6 is 27.3 Å². The van der Waals surface area contributed by atoms with E-state index in [4.69, 9.17) is 13.9 Å². The number of ether oxygens (including phenoxy) is 2. The van der Waals surface area contributed by atoms with E-state index in [0.29, 0.717) is 16.1 Å². The van der Waals surface area contributed by atoms with Gasteiger partial charge in [0.05, 0.1) is 24.4 Å². The fraction of sp³-hybridized carbons (Fsp3) is 0.150. The Labute approximate surface area is 177 Å².